The number of nitrogens with zero attached hydrogens (tertiary/aromatic N) is 3. The number of alkyl halides is 3. The fraction of sp³-hybridized carbons (Fsp3) is 0.645. The van der Waals surface area contributed by atoms with Crippen LogP contribution in [0.15, 0.2) is 29.4 Å². The van der Waals surface area contributed by atoms with Gasteiger partial charge in [-0.3, -0.25) is 4.79 Å². The lowest BCUT2D eigenvalue weighted by molar-refractivity contribution is -0.137. The Hall–Kier alpha value is -2.86. The second-order valence-electron chi connectivity index (χ2n) is 13.3. The van der Waals surface area contributed by atoms with Crippen molar-refractivity contribution < 1.29 is 37.0 Å². The van der Waals surface area contributed by atoms with E-state index in [1.165, 1.54) is 17.4 Å². The molecule has 12 heteroatoms. The molecule has 238 valence electrons. The highest BCUT2D eigenvalue weighted by Gasteiger charge is 2.33. The summed E-state index contributed by atoms with van der Waals surface area (Å²) >= 11 is 1.34. The fourth-order valence-corrected chi connectivity index (χ4v) is 6.06. The Morgan fingerprint density at radius 1 is 1.09 bits per heavy atom. The van der Waals surface area contributed by atoms with Gasteiger partial charge in [-0.1, -0.05) is 20.8 Å². The first-order valence-corrected chi connectivity index (χ1v) is 15.5. The average Bonchev–Trinajstić information content (AvgIpc) is 3.56. The molecular weight excluding hydrogens is 583 g/mol. The fourth-order valence-electron chi connectivity index (χ4n) is 5.00. The molecule has 2 aliphatic heterocycles. The number of thiazole rings is 1. The molecule has 2 saturated heterocycles. The molecule has 0 bridgehead atoms. The molecule has 0 N–H and O–H groups in total. The smallest absolute Gasteiger partial charge is 0.416 e. The summed E-state index contributed by atoms with van der Waals surface area (Å²) in [6, 6.07) is 2.88. The van der Waals surface area contributed by atoms with Crippen LogP contribution < -0.4 is 9.54 Å². The Kier molecular flexibility index (Phi) is 10.0. The Bertz CT molecular complexity index is 1360. The zero-order chi connectivity index (χ0) is 31.6. The van der Waals surface area contributed by atoms with Gasteiger partial charge in [-0.25, -0.2) is 4.79 Å². The van der Waals surface area contributed by atoms with Crippen molar-refractivity contribution in [3.8, 4) is 5.75 Å². The van der Waals surface area contributed by atoms with Gasteiger partial charge in [-0.15, -0.1) is 11.3 Å². The molecule has 0 aliphatic carbocycles. The third kappa shape index (κ3) is 9.07. The second kappa shape index (κ2) is 13.0. The summed E-state index contributed by atoms with van der Waals surface area (Å²) in [6.07, 6.45) is 0.215. The molecular formula is C31H42F3N3O5S. The van der Waals surface area contributed by atoms with Crippen LogP contribution in [0.4, 0.5) is 18.0 Å². The second-order valence-corrected chi connectivity index (χ2v) is 14.3. The number of rotatable bonds is 6. The van der Waals surface area contributed by atoms with E-state index < -0.39 is 29.3 Å². The van der Waals surface area contributed by atoms with Crippen LogP contribution in [0.2, 0.25) is 0 Å². The third-order valence-electron chi connectivity index (χ3n) is 7.26. The molecule has 1 aromatic heterocycles. The summed E-state index contributed by atoms with van der Waals surface area (Å²) in [4.78, 5) is 33.5. The van der Waals surface area contributed by atoms with Crippen LogP contribution in [0.1, 0.15) is 88.0 Å². The Morgan fingerprint density at radius 2 is 1.84 bits per heavy atom. The highest BCUT2D eigenvalue weighted by atomic mass is 32.1. The molecule has 4 rings (SSSR count). The van der Waals surface area contributed by atoms with Crippen molar-refractivity contribution >= 4 is 23.3 Å². The number of amides is 2. The number of halogens is 3. The largest absolute Gasteiger partial charge is 0.492 e. The molecule has 0 saturated carbocycles. The van der Waals surface area contributed by atoms with E-state index in [2.05, 4.69) is 25.8 Å². The zero-order valence-corrected chi connectivity index (χ0v) is 26.6. The van der Waals surface area contributed by atoms with Crippen LogP contribution in [-0.2, 0) is 27.6 Å². The molecule has 2 amide bonds. The lowest BCUT2D eigenvalue weighted by Gasteiger charge is -2.34. The van der Waals surface area contributed by atoms with E-state index >= 15 is 0 Å². The van der Waals surface area contributed by atoms with Gasteiger partial charge in [-0.05, 0) is 70.1 Å². The summed E-state index contributed by atoms with van der Waals surface area (Å²) in [5, 5.41) is 0. The zero-order valence-electron chi connectivity index (χ0n) is 25.8. The minimum Gasteiger partial charge on any atom is -0.492 e. The standard InChI is InChI=1S/C31H42F3N3O5S/c1-29(2,3)25-18-37(17-22-10-8-14-40-22)27(43-25)35-26(38)23-15-21(31(32,33)34)11-12-24(23)41-19-20-9-7-13-36(16-20)28(39)42-30(4,5)6/h11-12,15,18,20,22H,7-10,13-14,16-17,19H2,1-6H3/t20-,22-/m1/s1. The number of carbonyl (C=O) groups excluding carboxylic acids is 2. The van der Waals surface area contributed by atoms with Crippen LogP contribution in [0.25, 0.3) is 0 Å². The van der Waals surface area contributed by atoms with Crippen LogP contribution in [0.3, 0.4) is 0 Å². The molecule has 3 heterocycles. The highest BCUT2D eigenvalue weighted by molar-refractivity contribution is 7.09. The van der Waals surface area contributed by atoms with Gasteiger partial charge in [0.25, 0.3) is 5.91 Å². The molecule has 2 aromatic rings. The molecule has 8 nitrogen and oxygen atoms in total. The lowest BCUT2D eigenvalue weighted by atomic mass is 9.95. The van der Waals surface area contributed by atoms with E-state index in [0.29, 0.717) is 31.0 Å². The molecule has 1 aromatic carbocycles. The van der Waals surface area contributed by atoms with Crippen LogP contribution in [0, 0.1) is 5.92 Å². The van der Waals surface area contributed by atoms with Crippen molar-refractivity contribution in [1.29, 1.82) is 0 Å². The monoisotopic (exact) mass is 625 g/mol. The van der Waals surface area contributed by atoms with Crippen molar-refractivity contribution in [2.24, 2.45) is 10.9 Å². The lowest BCUT2D eigenvalue weighted by Crippen LogP contribution is -2.44. The predicted octanol–water partition coefficient (Wildman–Crippen LogP) is 6.81. The maximum absolute atomic E-state index is 13.7. The SMILES string of the molecule is CC(C)(C)OC(=O)N1CCC[C@@H](COc2ccc(C(F)(F)F)cc2C(=O)N=c2sc(C(C)(C)C)cn2C[C@H]2CCCO2)C1. The summed E-state index contributed by atoms with van der Waals surface area (Å²) in [6.45, 7) is 13.8. The molecule has 2 aliphatic rings. The van der Waals surface area contributed by atoms with E-state index in [1.54, 1.807) is 25.7 Å². The summed E-state index contributed by atoms with van der Waals surface area (Å²) in [5.41, 5.74) is -2.06. The quantitative estimate of drug-likeness (QED) is 0.352. The Balaban J connectivity index is 1.60. The summed E-state index contributed by atoms with van der Waals surface area (Å²) in [7, 11) is 0. The van der Waals surface area contributed by atoms with Gasteiger partial charge < -0.3 is 23.7 Å². The minimum absolute atomic E-state index is 0.0142. The third-order valence-corrected chi connectivity index (χ3v) is 8.71. The van der Waals surface area contributed by atoms with Gasteiger partial charge in [0.2, 0.25) is 0 Å². The van der Waals surface area contributed by atoms with Gasteiger partial charge >= 0.3 is 12.3 Å². The molecule has 0 radical (unpaired) electrons. The normalized spacial score (nSPS) is 20.4. The van der Waals surface area contributed by atoms with E-state index in [0.717, 1.165) is 42.7 Å². The number of carbonyl (C=O) groups is 2. The van der Waals surface area contributed by atoms with Crippen molar-refractivity contribution in [1.82, 2.24) is 9.47 Å². The number of hydrogen-bond donors (Lipinski definition) is 0. The van der Waals surface area contributed by atoms with Crippen LogP contribution >= 0.6 is 11.3 Å². The molecule has 0 unspecified atom stereocenters. The van der Waals surface area contributed by atoms with Gasteiger partial charge in [0.15, 0.2) is 4.80 Å². The van der Waals surface area contributed by atoms with Gasteiger partial charge in [0, 0.05) is 36.7 Å². The maximum atomic E-state index is 13.7. The number of ether oxygens (including phenoxy) is 3. The van der Waals surface area contributed by atoms with Gasteiger partial charge in [0.1, 0.15) is 11.4 Å². The van der Waals surface area contributed by atoms with Crippen molar-refractivity contribution in [3.05, 3.63) is 45.2 Å². The van der Waals surface area contributed by atoms with Crippen molar-refractivity contribution in [2.45, 2.75) is 97.1 Å². The predicted molar refractivity (Wildman–Crippen MR) is 157 cm³/mol. The number of aromatic nitrogens is 1. The minimum atomic E-state index is -4.65. The number of hydrogen-bond acceptors (Lipinski definition) is 6. The first kappa shape index (κ1) is 33.0. The summed E-state index contributed by atoms with van der Waals surface area (Å²) < 4.78 is 60.2. The average molecular weight is 626 g/mol. The molecule has 43 heavy (non-hydrogen) atoms. The van der Waals surface area contributed by atoms with Gasteiger partial charge in [0.05, 0.1) is 30.4 Å². The summed E-state index contributed by atoms with van der Waals surface area (Å²) in [5.74, 6) is -0.874. The van der Waals surface area contributed by atoms with Crippen molar-refractivity contribution in [2.75, 3.05) is 26.3 Å². The molecule has 2 fully saturated rings. The van der Waals surface area contributed by atoms with E-state index in [4.69, 9.17) is 14.2 Å². The van der Waals surface area contributed by atoms with E-state index in [-0.39, 0.29) is 35.4 Å². The van der Waals surface area contributed by atoms with E-state index in [1.807, 2.05) is 10.8 Å². The number of piperidine rings is 1. The van der Waals surface area contributed by atoms with Crippen LogP contribution in [0.5, 0.6) is 5.75 Å². The molecule has 2 atom stereocenters. The van der Waals surface area contributed by atoms with Gasteiger partial charge in [-0.2, -0.15) is 18.2 Å². The van der Waals surface area contributed by atoms with E-state index in [9.17, 15) is 22.8 Å². The highest BCUT2D eigenvalue weighted by Crippen LogP contribution is 2.34. The molecule has 0 spiro atoms. The number of benzene rings is 1. The first-order valence-electron chi connectivity index (χ1n) is 14.7. The Labute approximate surface area is 254 Å². The first-order chi connectivity index (χ1) is 20.0. The maximum Gasteiger partial charge on any atom is 0.416 e. The van der Waals surface area contributed by atoms with Crippen LogP contribution in [-0.4, -0.2) is 59.5 Å². The number of likely N-dealkylation sites (tertiary alicyclic amines) is 1. The Morgan fingerprint density at radius 3 is 2.47 bits per heavy atom. The topological polar surface area (TPSA) is 82.4 Å². The van der Waals surface area contributed by atoms with Crippen molar-refractivity contribution in [3.63, 3.8) is 0 Å².